The first-order chi connectivity index (χ1) is 6.02. The van der Waals surface area contributed by atoms with Gasteiger partial charge in [-0.05, 0) is 15.9 Å². The Labute approximate surface area is 93.1 Å². The Hall–Kier alpha value is -0.320. The smallest absolute Gasteiger partial charge is 0.269 e. The van der Waals surface area contributed by atoms with Crippen LogP contribution in [0.4, 0.5) is 0 Å². The van der Waals surface area contributed by atoms with Crippen molar-refractivity contribution in [3.05, 3.63) is 37.9 Å². The first-order valence-corrected chi connectivity index (χ1v) is 4.81. The molecule has 3 nitrogen and oxygen atoms in total. The summed E-state index contributed by atoms with van der Waals surface area (Å²) in [7, 11) is 0. The lowest BCUT2D eigenvalue weighted by Gasteiger charge is -2.03. The van der Waals surface area contributed by atoms with Crippen LogP contribution in [0.1, 0.15) is 0 Å². The third kappa shape index (κ3) is 2.56. The molecule has 1 aromatic heterocycles. The van der Waals surface area contributed by atoms with Gasteiger partial charge in [0.25, 0.3) is 5.56 Å². The highest BCUT2D eigenvalue weighted by Crippen LogP contribution is 2.14. The van der Waals surface area contributed by atoms with Crippen LogP contribution in [-0.2, 0) is 6.54 Å². The Bertz CT molecular complexity index is 402. The average molecular weight is 284 g/mol. The van der Waals surface area contributed by atoms with Crippen molar-refractivity contribution in [3.63, 3.8) is 0 Å². The number of hydrogen-bond acceptors (Lipinski definition) is 2. The van der Waals surface area contributed by atoms with E-state index in [0.717, 1.165) is 0 Å². The second-order valence-corrected chi connectivity index (χ2v) is 3.99. The SMILES string of the molecule is C=C(Cl)Cn1cnc(Cl)c(Br)c1=O. The summed E-state index contributed by atoms with van der Waals surface area (Å²) in [4.78, 5) is 15.2. The van der Waals surface area contributed by atoms with E-state index < -0.39 is 0 Å². The van der Waals surface area contributed by atoms with Gasteiger partial charge in [-0.2, -0.15) is 0 Å². The molecule has 0 spiro atoms. The Balaban J connectivity index is 3.19. The third-order valence-corrected chi connectivity index (χ3v) is 2.63. The van der Waals surface area contributed by atoms with E-state index in [4.69, 9.17) is 23.2 Å². The highest BCUT2D eigenvalue weighted by Gasteiger charge is 2.06. The van der Waals surface area contributed by atoms with Gasteiger partial charge in [0, 0.05) is 5.03 Å². The predicted molar refractivity (Wildman–Crippen MR) is 56.2 cm³/mol. The lowest BCUT2D eigenvalue weighted by Crippen LogP contribution is -2.21. The minimum atomic E-state index is -0.276. The van der Waals surface area contributed by atoms with Gasteiger partial charge in [-0.25, -0.2) is 4.98 Å². The van der Waals surface area contributed by atoms with Gasteiger partial charge in [0.2, 0.25) is 0 Å². The van der Waals surface area contributed by atoms with E-state index >= 15 is 0 Å². The first kappa shape index (κ1) is 10.8. The molecule has 0 aliphatic carbocycles. The van der Waals surface area contributed by atoms with Crippen LogP contribution in [-0.4, -0.2) is 9.55 Å². The van der Waals surface area contributed by atoms with E-state index in [1.165, 1.54) is 10.9 Å². The first-order valence-electron chi connectivity index (χ1n) is 3.26. The maximum absolute atomic E-state index is 11.4. The van der Waals surface area contributed by atoms with Crippen molar-refractivity contribution in [1.82, 2.24) is 9.55 Å². The maximum Gasteiger partial charge on any atom is 0.269 e. The average Bonchev–Trinajstić information content (AvgIpc) is 2.06. The minimum absolute atomic E-state index is 0.140. The molecule has 70 valence electrons. The summed E-state index contributed by atoms with van der Waals surface area (Å²) in [5.41, 5.74) is -0.276. The topological polar surface area (TPSA) is 34.9 Å². The van der Waals surface area contributed by atoms with Gasteiger partial charge in [-0.1, -0.05) is 29.8 Å². The van der Waals surface area contributed by atoms with Crippen molar-refractivity contribution in [2.75, 3.05) is 0 Å². The molecule has 0 aliphatic rings. The number of rotatable bonds is 2. The molecule has 0 N–H and O–H groups in total. The van der Waals surface area contributed by atoms with Crippen molar-refractivity contribution in [2.45, 2.75) is 6.54 Å². The van der Waals surface area contributed by atoms with E-state index in [1.807, 2.05) is 0 Å². The van der Waals surface area contributed by atoms with Gasteiger partial charge in [-0.3, -0.25) is 9.36 Å². The van der Waals surface area contributed by atoms with E-state index in [0.29, 0.717) is 5.03 Å². The highest BCUT2D eigenvalue weighted by molar-refractivity contribution is 9.10. The molecule has 0 saturated heterocycles. The summed E-state index contributed by atoms with van der Waals surface area (Å²) < 4.78 is 1.54. The van der Waals surface area contributed by atoms with Crippen LogP contribution in [0.3, 0.4) is 0 Å². The van der Waals surface area contributed by atoms with Crippen LogP contribution in [0.15, 0.2) is 27.2 Å². The van der Waals surface area contributed by atoms with Crippen molar-refractivity contribution in [2.24, 2.45) is 0 Å². The zero-order valence-electron chi connectivity index (χ0n) is 6.43. The largest absolute Gasteiger partial charge is 0.293 e. The second-order valence-electron chi connectivity index (χ2n) is 2.30. The molecule has 1 heterocycles. The molecule has 0 unspecified atom stereocenters. The fourth-order valence-corrected chi connectivity index (χ4v) is 1.32. The fraction of sp³-hybridized carbons (Fsp3) is 0.143. The zero-order chi connectivity index (χ0) is 10.0. The molecule has 1 aromatic rings. The highest BCUT2D eigenvalue weighted by atomic mass is 79.9. The summed E-state index contributed by atoms with van der Waals surface area (Å²) in [5.74, 6) is 0. The van der Waals surface area contributed by atoms with Crippen LogP contribution < -0.4 is 5.56 Å². The number of halogens is 3. The molecule has 0 radical (unpaired) electrons. The Kier molecular flexibility index (Phi) is 3.53. The molecule has 0 fully saturated rings. The molecule has 6 heteroatoms. The van der Waals surface area contributed by atoms with Gasteiger partial charge < -0.3 is 0 Å². The number of hydrogen-bond donors (Lipinski definition) is 0. The standard InChI is InChI=1S/C7H5BrCl2N2O/c1-4(9)2-12-3-11-6(10)5(8)7(12)13/h3H,1-2H2. The summed E-state index contributed by atoms with van der Waals surface area (Å²) >= 11 is 14.2. The van der Waals surface area contributed by atoms with Crippen LogP contribution >= 0.6 is 39.1 Å². The zero-order valence-corrected chi connectivity index (χ0v) is 9.53. The number of aromatic nitrogens is 2. The van der Waals surface area contributed by atoms with E-state index in [9.17, 15) is 4.79 Å². The molecule has 0 saturated carbocycles. The van der Waals surface area contributed by atoms with E-state index in [1.54, 1.807) is 0 Å². The molecule has 0 aliphatic heterocycles. The third-order valence-electron chi connectivity index (χ3n) is 1.28. The maximum atomic E-state index is 11.4. The molecular weight excluding hydrogens is 279 g/mol. The Morgan fingerprint density at radius 3 is 2.92 bits per heavy atom. The number of nitrogens with zero attached hydrogens (tertiary/aromatic N) is 2. The molecular formula is C7H5BrCl2N2O. The summed E-state index contributed by atoms with van der Waals surface area (Å²) in [6, 6.07) is 0. The van der Waals surface area contributed by atoms with Crippen molar-refractivity contribution >= 4 is 39.1 Å². The van der Waals surface area contributed by atoms with E-state index in [2.05, 4.69) is 27.5 Å². The van der Waals surface area contributed by atoms with Crippen molar-refractivity contribution in [1.29, 1.82) is 0 Å². The molecule has 0 amide bonds. The van der Waals surface area contributed by atoms with Crippen molar-refractivity contribution < 1.29 is 0 Å². The summed E-state index contributed by atoms with van der Waals surface area (Å²) in [6.45, 7) is 3.70. The molecule has 13 heavy (non-hydrogen) atoms. The number of allylic oxidation sites excluding steroid dienone is 1. The molecule has 0 bridgehead atoms. The van der Waals surface area contributed by atoms with Crippen LogP contribution in [0, 0.1) is 0 Å². The van der Waals surface area contributed by atoms with Crippen molar-refractivity contribution in [3.8, 4) is 0 Å². The lowest BCUT2D eigenvalue weighted by molar-refractivity contribution is 0.741. The molecule has 0 aromatic carbocycles. The lowest BCUT2D eigenvalue weighted by atomic mass is 10.5. The minimum Gasteiger partial charge on any atom is -0.293 e. The van der Waals surface area contributed by atoms with Crippen LogP contribution in [0.5, 0.6) is 0 Å². The predicted octanol–water partition coefficient (Wildman–Crippen LogP) is 2.41. The van der Waals surface area contributed by atoms with Gasteiger partial charge in [0.15, 0.2) is 5.15 Å². The normalized spacial score (nSPS) is 10.1. The monoisotopic (exact) mass is 282 g/mol. The van der Waals surface area contributed by atoms with Gasteiger partial charge in [0.1, 0.15) is 4.47 Å². The second kappa shape index (κ2) is 4.26. The van der Waals surface area contributed by atoms with Gasteiger partial charge in [-0.15, -0.1) is 0 Å². The van der Waals surface area contributed by atoms with E-state index in [-0.39, 0.29) is 21.7 Å². The molecule has 1 rings (SSSR count). The van der Waals surface area contributed by atoms with Gasteiger partial charge in [0.05, 0.1) is 12.9 Å². The van der Waals surface area contributed by atoms with Crippen LogP contribution in [0.25, 0.3) is 0 Å². The Morgan fingerprint density at radius 2 is 2.38 bits per heavy atom. The molecule has 0 atom stereocenters. The van der Waals surface area contributed by atoms with Gasteiger partial charge >= 0.3 is 0 Å². The Morgan fingerprint density at radius 1 is 1.77 bits per heavy atom. The fourth-order valence-electron chi connectivity index (χ4n) is 0.741. The summed E-state index contributed by atoms with van der Waals surface area (Å²) in [6.07, 6.45) is 1.32. The quantitative estimate of drug-likeness (QED) is 0.782. The van der Waals surface area contributed by atoms with Crippen LogP contribution in [0.2, 0.25) is 5.15 Å². The summed E-state index contributed by atoms with van der Waals surface area (Å²) in [5, 5.41) is 0.500.